The summed E-state index contributed by atoms with van der Waals surface area (Å²) in [6, 6.07) is 12.1. The highest BCUT2D eigenvalue weighted by Gasteiger charge is 2.36. The van der Waals surface area contributed by atoms with E-state index < -0.39 is 35.6 Å². The van der Waals surface area contributed by atoms with Gasteiger partial charge in [-0.1, -0.05) is 31.7 Å². The molecule has 4 aromatic rings. The maximum absolute atomic E-state index is 14.2. The van der Waals surface area contributed by atoms with Crippen molar-refractivity contribution >= 4 is 45.9 Å². The number of anilines is 3. The average molecular weight is 692 g/mol. The van der Waals surface area contributed by atoms with Gasteiger partial charge in [-0.2, -0.15) is 18.2 Å². The van der Waals surface area contributed by atoms with Crippen LogP contribution in [-0.2, 0) is 11.0 Å². The summed E-state index contributed by atoms with van der Waals surface area (Å²) in [4.78, 5) is 37.1. The van der Waals surface area contributed by atoms with Gasteiger partial charge in [0.25, 0.3) is 0 Å². The van der Waals surface area contributed by atoms with Gasteiger partial charge >= 0.3 is 18.6 Å². The van der Waals surface area contributed by atoms with E-state index in [9.17, 15) is 35.9 Å². The number of halogens is 6. The topological polar surface area (TPSA) is 105 Å². The van der Waals surface area contributed by atoms with Gasteiger partial charge < -0.3 is 15.0 Å². The van der Waals surface area contributed by atoms with Crippen molar-refractivity contribution in [3.05, 3.63) is 78.1 Å². The number of alkyl halides is 6. The van der Waals surface area contributed by atoms with E-state index in [1.807, 2.05) is 45.0 Å². The zero-order chi connectivity index (χ0) is 35.0. The number of amides is 3. The van der Waals surface area contributed by atoms with Crippen molar-refractivity contribution in [1.29, 1.82) is 0 Å². The normalized spacial score (nSPS) is 14.6. The van der Waals surface area contributed by atoms with Crippen molar-refractivity contribution in [2.75, 3.05) is 35.0 Å². The molecule has 0 atom stereocenters. The standard InChI is InChI=1S/C31H27F6N7O3S/c1-17(2)22-11-8-20(42(3)4)14-25(22)44-26(45)15-48-29(44)40-28(46)39-24-12-5-18(13-23(24)30(32,33)34)27-38-16-43(41-27)19-6-9-21(10-7-19)47-31(35,36)37/h5-14,16-17H,15H2,1-4H3,(H,39,46). The third-order valence-electron chi connectivity index (χ3n) is 7.01. The van der Waals surface area contributed by atoms with E-state index in [-0.39, 0.29) is 39.8 Å². The van der Waals surface area contributed by atoms with Crippen LogP contribution < -0.4 is 19.9 Å². The molecule has 0 unspecified atom stereocenters. The summed E-state index contributed by atoms with van der Waals surface area (Å²) in [5.41, 5.74) is 0.579. The third kappa shape index (κ3) is 7.73. The summed E-state index contributed by atoms with van der Waals surface area (Å²) < 4.78 is 84.9. The van der Waals surface area contributed by atoms with E-state index in [0.29, 0.717) is 5.69 Å². The largest absolute Gasteiger partial charge is 0.573 e. The molecule has 1 aliphatic heterocycles. The fourth-order valence-electron chi connectivity index (χ4n) is 4.75. The van der Waals surface area contributed by atoms with Crippen molar-refractivity contribution in [1.82, 2.24) is 14.8 Å². The van der Waals surface area contributed by atoms with Crippen LogP contribution in [0.4, 0.5) is 48.2 Å². The van der Waals surface area contributed by atoms with Gasteiger partial charge in [0.1, 0.15) is 12.1 Å². The predicted octanol–water partition coefficient (Wildman–Crippen LogP) is 7.71. The maximum Gasteiger partial charge on any atom is 0.573 e. The lowest BCUT2D eigenvalue weighted by molar-refractivity contribution is -0.274. The number of aromatic nitrogens is 3. The van der Waals surface area contributed by atoms with Crippen LogP contribution in [0.15, 0.2) is 72.0 Å². The van der Waals surface area contributed by atoms with Crippen molar-refractivity contribution in [3.8, 4) is 22.8 Å². The van der Waals surface area contributed by atoms with Gasteiger partial charge in [-0.25, -0.2) is 14.5 Å². The molecular weight excluding hydrogens is 664 g/mol. The Kier molecular flexibility index (Phi) is 9.44. The summed E-state index contributed by atoms with van der Waals surface area (Å²) in [5.74, 6) is -0.914. The molecule has 3 aromatic carbocycles. The molecule has 252 valence electrons. The van der Waals surface area contributed by atoms with E-state index in [1.165, 1.54) is 29.4 Å². The molecule has 0 aliphatic carbocycles. The number of amidine groups is 1. The van der Waals surface area contributed by atoms with Crippen LogP contribution in [0.1, 0.15) is 30.9 Å². The highest BCUT2D eigenvalue weighted by Crippen LogP contribution is 2.38. The molecule has 0 spiro atoms. The Morgan fingerprint density at radius 3 is 2.35 bits per heavy atom. The van der Waals surface area contributed by atoms with Crippen molar-refractivity contribution in [3.63, 3.8) is 0 Å². The Labute approximate surface area is 274 Å². The molecule has 1 saturated heterocycles. The molecular formula is C31H27F6N7O3S. The monoisotopic (exact) mass is 691 g/mol. The smallest absolute Gasteiger partial charge is 0.406 e. The molecule has 1 aromatic heterocycles. The van der Waals surface area contributed by atoms with Crippen LogP contribution >= 0.6 is 11.8 Å². The van der Waals surface area contributed by atoms with Crippen LogP contribution in [0.2, 0.25) is 0 Å². The molecule has 1 fully saturated rings. The van der Waals surface area contributed by atoms with Gasteiger partial charge in [-0.3, -0.25) is 9.69 Å². The molecule has 3 amide bonds. The maximum atomic E-state index is 14.2. The Morgan fingerprint density at radius 1 is 1.02 bits per heavy atom. The van der Waals surface area contributed by atoms with E-state index >= 15 is 0 Å². The van der Waals surface area contributed by atoms with Crippen LogP contribution in [0, 0.1) is 0 Å². The first-order chi connectivity index (χ1) is 22.5. The van der Waals surface area contributed by atoms with Gasteiger partial charge in [0.05, 0.1) is 28.4 Å². The first-order valence-electron chi connectivity index (χ1n) is 14.2. The van der Waals surface area contributed by atoms with Crippen LogP contribution in [0.3, 0.4) is 0 Å². The molecule has 5 rings (SSSR count). The predicted molar refractivity (Wildman–Crippen MR) is 170 cm³/mol. The second kappa shape index (κ2) is 13.2. The van der Waals surface area contributed by atoms with Gasteiger partial charge in [0.2, 0.25) is 5.91 Å². The summed E-state index contributed by atoms with van der Waals surface area (Å²) in [7, 11) is 3.67. The highest BCUT2D eigenvalue weighted by molar-refractivity contribution is 8.15. The van der Waals surface area contributed by atoms with E-state index in [2.05, 4.69) is 25.1 Å². The van der Waals surface area contributed by atoms with E-state index in [4.69, 9.17) is 0 Å². The Bertz CT molecular complexity index is 1870. The Balaban J connectivity index is 1.40. The molecule has 0 saturated carbocycles. The van der Waals surface area contributed by atoms with Gasteiger partial charge in [0.15, 0.2) is 11.0 Å². The number of urea groups is 1. The lowest BCUT2D eigenvalue weighted by Crippen LogP contribution is -2.31. The summed E-state index contributed by atoms with van der Waals surface area (Å²) >= 11 is 0.994. The lowest BCUT2D eigenvalue weighted by atomic mass is 9.99. The summed E-state index contributed by atoms with van der Waals surface area (Å²) in [6.07, 6.45) is -8.60. The van der Waals surface area contributed by atoms with Crippen molar-refractivity contribution < 1.29 is 40.7 Å². The number of carbonyl (C=O) groups excluding carboxylic acids is 2. The zero-order valence-corrected chi connectivity index (χ0v) is 26.5. The molecule has 2 heterocycles. The number of carbonyl (C=O) groups is 2. The minimum Gasteiger partial charge on any atom is -0.406 e. The zero-order valence-electron chi connectivity index (χ0n) is 25.7. The fourth-order valence-corrected chi connectivity index (χ4v) is 5.61. The fraction of sp³-hybridized carbons (Fsp3) is 0.258. The summed E-state index contributed by atoms with van der Waals surface area (Å²) in [6.45, 7) is 3.89. The van der Waals surface area contributed by atoms with Crippen LogP contribution in [0.25, 0.3) is 17.1 Å². The molecule has 0 radical (unpaired) electrons. The first-order valence-corrected chi connectivity index (χ1v) is 15.1. The Hall–Kier alpha value is -5.06. The second-order valence-electron chi connectivity index (χ2n) is 10.9. The van der Waals surface area contributed by atoms with Crippen LogP contribution in [-0.4, -0.2) is 58.1 Å². The number of hydrogen-bond donors (Lipinski definition) is 1. The van der Waals surface area contributed by atoms with Crippen molar-refractivity contribution in [2.24, 2.45) is 4.99 Å². The molecule has 48 heavy (non-hydrogen) atoms. The number of ether oxygens (including phenoxy) is 1. The number of nitrogens with one attached hydrogen (secondary N) is 1. The minimum atomic E-state index is -4.91. The highest BCUT2D eigenvalue weighted by atomic mass is 32.2. The van der Waals surface area contributed by atoms with E-state index in [1.54, 1.807) is 6.07 Å². The van der Waals surface area contributed by atoms with Gasteiger partial charge in [-0.15, -0.1) is 18.3 Å². The number of aliphatic imine (C=N–C) groups is 1. The lowest BCUT2D eigenvalue weighted by Gasteiger charge is -2.24. The number of hydrogen-bond acceptors (Lipinski definition) is 7. The number of rotatable bonds is 7. The average Bonchev–Trinajstić information content (AvgIpc) is 3.63. The van der Waals surface area contributed by atoms with Crippen molar-refractivity contribution in [2.45, 2.75) is 32.3 Å². The molecule has 0 bridgehead atoms. The molecule has 1 N–H and O–H groups in total. The Morgan fingerprint density at radius 2 is 1.73 bits per heavy atom. The van der Waals surface area contributed by atoms with Gasteiger partial charge in [0, 0.05) is 25.3 Å². The third-order valence-corrected chi connectivity index (χ3v) is 7.93. The second-order valence-corrected chi connectivity index (χ2v) is 11.9. The quantitative estimate of drug-likeness (QED) is 0.198. The summed E-state index contributed by atoms with van der Waals surface area (Å²) in [5, 5.41) is 6.35. The molecule has 10 nitrogen and oxygen atoms in total. The number of benzene rings is 3. The molecule has 17 heteroatoms. The SMILES string of the molecule is CC(C)c1ccc(N(C)C)cc1N1C(=O)CSC1=NC(=O)Nc1ccc(-c2ncn(-c3ccc(OC(F)(F)F)cc3)n2)cc1C(F)(F)F. The number of thioether (sulfide) groups is 1. The number of nitrogens with zero attached hydrogens (tertiary/aromatic N) is 6. The van der Waals surface area contributed by atoms with Gasteiger partial charge in [-0.05, 0) is 66.1 Å². The first kappa shape index (κ1) is 34.3. The minimum absolute atomic E-state index is 0.0105. The van der Waals surface area contributed by atoms with Crippen LogP contribution in [0.5, 0.6) is 5.75 Å². The molecule has 1 aliphatic rings. The van der Waals surface area contributed by atoms with E-state index in [0.717, 1.165) is 52.0 Å².